The zero-order valence-electron chi connectivity index (χ0n) is 26.1. The molecule has 1 aromatic heterocycles. The number of benzene rings is 1. The van der Waals surface area contributed by atoms with Crippen LogP contribution < -0.4 is 0 Å². The Bertz CT molecular complexity index is 1150. The lowest BCUT2D eigenvalue weighted by Gasteiger charge is -2.23. The van der Waals surface area contributed by atoms with Gasteiger partial charge >= 0.3 is 0 Å². The van der Waals surface area contributed by atoms with Crippen molar-refractivity contribution in [1.29, 1.82) is 10.5 Å². The third-order valence-electron chi connectivity index (χ3n) is 2.67. The quantitative estimate of drug-likeness (QED) is 0.870. The number of nitrogens with zero attached hydrogens (tertiary/aromatic N) is 5. The van der Waals surface area contributed by atoms with Gasteiger partial charge in [0.25, 0.3) is 0 Å². The van der Waals surface area contributed by atoms with Gasteiger partial charge in [-0.25, -0.2) is 9.67 Å². The Balaban J connectivity index is 3.39. The van der Waals surface area contributed by atoms with E-state index in [1.165, 1.54) is 0 Å². The molecule has 0 radical (unpaired) electrons. The molecule has 0 atom stereocenters. The second-order valence-corrected chi connectivity index (χ2v) is 4.42. The summed E-state index contributed by atoms with van der Waals surface area (Å²) >= 11 is 0. The van der Waals surface area contributed by atoms with Gasteiger partial charge in [-0.15, -0.1) is 0 Å². The molecule has 1 aromatic carbocycles. The van der Waals surface area contributed by atoms with Gasteiger partial charge in [-0.2, -0.15) is 15.6 Å². The smallest absolute Gasteiger partial charge is 0.137 e. The molecular weight excluding hydrogens is 274 g/mol. The molecule has 0 spiro atoms. The first-order valence-electron chi connectivity index (χ1n) is 13.3. The lowest BCUT2D eigenvalue weighted by Crippen LogP contribution is -2.20. The Morgan fingerprint density at radius 3 is 2.14 bits per heavy atom. The van der Waals surface area contributed by atoms with Crippen LogP contribution in [0.25, 0.3) is 0 Å². The fraction of sp³-hybridized carbons (Fsp3) is 0.412. The molecule has 22 heavy (non-hydrogen) atoms. The second-order valence-electron chi connectivity index (χ2n) is 4.42. The van der Waals surface area contributed by atoms with Crippen LogP contribution in [0.3, 0.4) is 0 Å². The molecule has 0 saturated carbocycles. The number of rotatable bonds is 4. The van der Waals surface area contributed by atoms with E-state index in [4.69, 9.17) is 20.6 Å². The lowest BCUT2D eigenvalue weighted by atomic mass is 9.79. The lowest BCUT2D eigenvalue weighted by molar-refractivity contribution is 0.646. The maximum atomic E-state index is 9.94. The van der Waals surface area contributed by atoms with E-state index in [1.54, 1.807) is 0 Å². The summed E-state index contributed by atoms with van der Waals surface area (Å²) in [4.78, 5) is 3.65. The molecule has 0 aliphatic heterocycles. The van der Waals surface area contributed by atoms with Gasteiger partial charge in [0.05, 0.1) is 33.6 Å². The molecule has 5 heteroatoms. The van der Waals surface area contributed by atoms with Crippen molar-refractivity contribution in [3.8, 4) is 12.1 Å². The van der Waals surface area contributed by atoms with Crippen LogP contribution in [0.2, 0.25) is 0 Å². The molecule has 0 bridgehead atoms. The van der Waals surface area contributed by atoms with E-state index in [-0.39, 0.29) is 0 Å². The van der Waals surface area contributed by atoms with Crippen molar-refractivity contribution in [1.82, 2.24) is 14.8 Å². The van der Waals surface area contributed by atoms with Gasteiger partial charge in [0, 0.05) is 16.4 Å². The van der Waals surface area contributed by atoms with Gasteiger partial charge in [-0.3, -0.25) is 0 Å². The normalized spacial score (nSPS) is 24.0. The molecular formula is C17H19N5. The Morgan fingerprint density at radius 2 is 1.73 bits per heavy atom. The first kappa shape index (κ1) is 5.21. The summed E-state index contributed by atoms with van der Waals surface area (Å²) in [6.45, 7) is -15.7. The average molecular weight is 308 g/mol. The first-order valence-corrected chi connectivity index (χ1v) is 5.85. The summed E-state index contributed by atoms with van der Waals surface area (Å²) < 4.78 is 121. The summed E-state index contributed by atoms with van der Waals surface area (Å²) in [5.41, 5.74) is -10.7. The maximum Gasteiger partial charge on any atom is 0.137 e. The topological polar surface area (TPSA) is 78.3 Å². The molecule has 112 valence electrons. The van der Waals surface area contributed by atoms with E-state index in [0.717, 1.165) is 29.5 Å². The molecule has 2 aromatic rings. The van der Waals surface area contributed by atoms with Crippen LogP contribution in [0.5, 0.6) is 0 Å². The largest absolute Gasteiger partial charge is 0.249 e. The van der Waals surface area contributed by atoms with Crippen LogP contribution in [-0.2, 0) is 17.4 Å². The molecule has 0 aliphatic carbocycles. The standard InChI is InChI=1S/C17H19N5/c1-16(2,9-18)14-5-13(8-22-12-20-11-21-22)6-15(7-14)17(3,4)10-19/h5-7,11-12H,8H2,1-4H3/i1D3,2D3,3D3,4D3,5D,6D,7D. The van der Waals surface area contributed by atoms with Gasteiger partial charge < -0.3 is 0 Å². The number of hydrogen-bond acceptors (Lipinski definition) is 4. The van der Waals surface area contributed by atoms with Crippen molar-refractivity contribution in [3.63, 3.8) is 0 Å². The van der Waals surface area contributed by atoms with Crippen molar-refractivity contribution < 1.29 is 20.6 Å². The third kappa shape index (κ3) is 3.15. The van der Waals surface area contributed by atoms with E-state index >= 15 is 0 Å². The average Bonchev–Trinajstić information content (AvgIpc) is 3.21. The molecule has 2 rings (SSSR count). The summed E-state index contributed by atoms with van der Waals surface area (Å²) in [5.74, 6) is 0. The SMILES string of the molecule is [2H]c1c(Cn2cncn2)c([2H])c(C(C#N)(C([2H])([2H])[2H])C([2H])([2H])[2H])c([2H])c1C(C#N)(C([2H])([2H])[2H])C([2H])([2H])[2H]. The van der Waals surface area contributed by atoms with Gasteiger partial charge in [-0.05, 0) is 44.1 Å². The summed E-state index contributed by atoms with van der Waals surface area (Å²) in [5, 5.41) is 23.6. The summed E-state index contributed by atoms with van der Waals surface area (Å²) in [6.07, 6.45) is 2.10. The fourth-order valence-corrected chi connectivity index (χ4v) is 1.56. The van der Waals surface area contributed by atoms with E-state index in [2.05, 4.69) is 10.1 Å². The molecule has 5 nitrogen and oxygen atoms in total. The minimum Gasteiger partial charge on any atom is -0.249 e. The zero-order chi connectivity index (χ0) is 29.0. The fourth-order valence-electron chi connectivity index (χ4n) is 1.56. The van der Waals surface area contributed by atoms with Crippen molar-refractivity contribution in [2.24, 2.45) is 0 Å². The predicted octanol–water partition coefficient (Wildman–Crippen LogP) is 2.93. The molecule has 0 N–H and O–H groups in total. The van der Waals surface area contributed by atoms with Crippen LogP contribution in [-0.4, -0.2) is 14.8 Å². The van der Waals surface area contributed by atoms with Crippen molar-refractivity contribution in [3.05, 3.63) is 47.5 Å². The van der Waals surface area contributed by atoms with Crippen LogP contribution in [0.4, 0.5) is 0 Å². The first-order chi connectivity index (χ1) is 16.6. The minimum atomic E-state index is -3.76. The highest BCUT2D eigenvalue weighted by molar-refractivity contribution is 5.42. The number of aromatic nitrogens is 3. The van der Waals surface area contributed by atoms with E-state index in [9.17, 15) is 10.5 Å². The van der Waals surface area contributed by atoms with Crippen molar-refractivity contribution in [2.75, 3.05) is 0 Å². The Kier molecular flexibility index (Phi) is 1.33. The second kappa shape index (κ2) is 5.61. The van der Waals surface area contributed by atoms with E-state index in [0.29, 0.717) is 0 Å². The van der Waals surface area contributed by atoms with E-state index in [1.807, 2.05) is 0 Å². The Labute approximate surface area is 151 Å². The van der Waals surface area contributed by atoms with Gasteiger partial charge in [0.1, 0.15) is 12.7 Å². The highest BCUT2D eigenvalue weighted by Crippen LogP contribution is 2.30. The van der Waals surface area contributed by atoms with E-state index < -0.39 is 79.6 Å². The maximum absolute atomic E-state index is 9.94. The van der Waals surface area contributed by atoms with Crippen LogP contribution >= 0.6 is 0 Å². The van der Waals surface area contributed by atoms with Crippen LogP contribution in [0.1, 0.15) is 64.7 Å². The molecule has 1 heterocycles. The third-order valence-corrected chi connectivity index (χ3v) is 2.67. The Morgan fingerprint density at radius 1 is 1.14 bits per heavy atom. The van der Waals surface area contributed by atoms with Gasteiger partial charge in [-0.1, -0.05) is 18.1 Å². The molecule has 0 saturated heterocycles. The molecule has 0 fully saturated rings. The highest BCUT2D eigenvalue weighted by Gasteiger charge is 2.26. The molecule has 0 amide bonds. The van der Waals surface area contributed by atoms with Gasteiger partial charge in [0.15, 0.2) is 0 Å². The van der Waals surface area contributed by atoms with Gasteiger partial charge in [0.2, 0.25) is 0 Å². The predicted molar refractivity (Wildman–Crippen MR) is 82.8 cm³/mol. The van der Waals surface area contributed by atoms with Crippen molar-refractivity contribution in [2.45, 2.75) is 44.8 Å². The molecule has 0 unspecified atom stereocenters. The van der Waals surface area contributed by atoms with Crippen molar-refractivity contribution >= 4 is 0 Å². The monoisotopic (exact) mass is 308 g/mol. The number of nitriles is 2. The highest BCUT2D eigenvalue weighted by atomic mass is 15.3. The summed E-state index contributed by atoms with van der Waals surface area (Å²) in [7, 11) is 0. The van der Waals surface area contributed by atoms with Crippen LogP contribution in [0.15, 0.2) is 30.8 Å². The number of hydrogen-bond donors (Lipinski definition) is 0. The summed E-state index contributed by atoms with van der Waals surface area (Å²) in [6, 6.07) is -1.42. The van der Waals surface area contributed by atoms with Crippen LogP contribution in [0, 0.1) is 22.7 Å². The molecule has 0 aliphatic rings. The zero-order valence-corrected chi connectivity index (χ0v) is 11.1. The Hall–Kier alpha value is -2.66. The minimum absolute atomic E-state index is 0.662.